The van der Waals surface area contributed by atoms with Gasteiger partial charge in [0.2, 0.25) is 0 Å². The quantitative estimate of drug-likeness (QED) is 0.691. The maximum absolute atomic E-state index is 5.74. The molecular weight excluding hydrogens is 298 g/mol. The van der Waals surface area contributed by atoms with Gasteiger partial charge in [-0.3, -0.25) is 0 Å². The molecule has 2 aliphatic heterocycles. The van der Waals surface area contributed by atoms with Gasteiger partial charge in [-0.05, 0) is 30.9 Å². The Morgan fingerprint density at radius 3 is 2.04 bits per heavy atom. The van der Waals surface area contributed by atoms with Crippen molar-refractivity contribution in [3.8, 4) is 0 Å². The van der Waals surface area contributed by atoms with Crippen LogP contribution in [0.1, 0.15) is 43.0 Å². The molecule has 0 amide bonds. The average Bonchev–Trinajstić information content (AvgIpc) is 3.50. The topological polar surface area (TPSA) is 39.9 Å². The predicted molar refractivity (Wildman–Crippen MR) is 93.3 cm³/mol. The van der Waals surface area contributed by atoms with E-state index >= 15 is 0 Å². The Balaban J connectivity index is 1.38. The van der Waals surface area contributed by atoms with Crippen molar-refractivity contribution in [3.63, 3.8) is 0 Å². The van der Waals surface area contributed by atoms with E-state index in [4.69, 9.17) is 4.74 Å². The lowest BCUT2D eigenvalue weighted by Gasteiger charge is -2.05. The predicted octanol–water partition coefficient (Wildman–Crippen LogP) is 3.60. The molecule has 1 aliphatic carbocycles. The minimum atomic E-state index is 0.0665. The summed E-state index contributed by atoms with van der Waals surface area (Å²) in [5.74, 6) is 0. The zero-order valence-electron chi connectivity index (χ0n) is 13.7. The summed E-state index contributed by atoms with van der Waals surface area (Å²) in [6, 6.07) is 21.9. The number of hydrogen-bond donors (Lipinski definition) is 1. The Hall–Kier alpha value is -2.17. The molecule has 122 valence electrons. The number of epoxide rings is 1. The van der Waals surface area contributed by atoms with Crippen molar-refractivity contribution in [2.24, 2.45) is 5.10 Å². The summed E-state index contributed by atoms with van der Waals surface area (Å²) in [6.45, 7) is 2.18. The first-order valence-corrected chi connectivity index (χ1v) is 8.64. The molecule has 2 saturated heterocycles. The molecule has 4 nitrogen and oxygen atoms in total. The molecule has 24 heavy (non-hydrogen) atoms. The fourth-order valence-electron chi connectivity index (χ4n) is 3.93. The summed E-state index contributed by atoms with van der Waals surface area (Å²) in [6.07, 6.45) is 2.35. The largest absolute Gasteiger partial charge is 0.360 e. The van der Waals surface area contributed by atoms with Crippen LogP contribution in [0.15, 0.2) is 65.8 Å². The highest BCUT2D eigenvalue weighted by atomic mass is 16.6. The number of nitrogens with one attached hydrogen (secondary N) is 1. The normalized spacial score (nSPS) is 38.0. The maximum atomic E-state index is 5.74. The second-order valence-electron chi connectivity index (χ2n) is 7.13. The molecule has 3 aliphatic rings. The summed E-state index contributed by atoms with van der Waals surface area (Å²) in [5.41, 5.74) is 7.17. The monoisotopic (exact) mass is 319 g/mol. The number of nitrogens with zero attached hydrogens (tertiary/aromatic N) is 2. The van der Waals surface area contributed by atoms with Gasteiger partial charge in [0.1, 0.15) is 6.10 Å². The van der Waals surface area contributed by atoms with Crippen LogP contribution < -0.4 is 5.53 Å². The molecule has 4 atom stereocenters. The Morgan fingerprint density at radius 2 is 1.58 bits per heavy atom. The Labute approximate surface area is 142 Å². The lowest BCUT2D eigenvalue weighted by Crippen LogP contribution is -2.19. The van der Waals surface area contributed by atoms with Gasteiger partial charge in [-0.25, -0.2) is 5.53 Å². The number of hydrogen-bond acceptors (Lipinski definition) is 4. The van der Waals surface area contributed by atoms with Gasteiger partial charge in [0.25, 0.3) is 0 Å². The maximum Gasteiger partial charge on any atom is 0.127 e. The van der Waals surface area contributed by atoms with E-state index in [1.54, 1.807) is 0 Å². The van der Waals surface area contributed by atoms with E-state index in [1.807, 2.05) is 0 Å². The lowest BCUT2D eigenvalue weighted by atomic mass is 10.0. The molecule has 2 heterocycles. The van der Waals surface area contributed by atoms with Crippen LogP contribution in [0.2, 0.25) is 0 Å². The second-order valence-corrected chi connectivity index (χ2v) is 7.13. The van der Waals surface area contributed by atoms with Crippen molar-refractivity contribution in [2.75, 3.05) is 0 Å². The molecule has 0 spiro atoms. The summed E-state index contributed by atoms with van der Waals surface area (Å²) in [7, 11) is 0. The molecule has 2 unspecified atom stereocenters. The zero-order valence-corrected chi connectivity index (χ0v) is 13.7. The Kier molecular flexibility index (Phi) is 3.05. The average molecular weight is 319 g/mol. The van der Waals surface area contributed by atoms with Crippen molar-refractivity contribution in [2.45, 2.75) is 43.6 Å². The lowest BCUT2D eigenvalue weighted by molar-refractivity contribution is 0.295. The van der Waals surface area contributed by atoms with Crippen LogP contribution in [0.5, 0.6) is 0 Å². The van der Waals surface area contributed by atoms with E-state index in [0.29, 0.717) is 12.1 Å². The van der Waals surface area contributed by atoms with Crippen LogP contribution in [-0.4, -0.2) is 22.4 Å². The molecule has 3 fully saturated rings. The highest BCUT2D eigenvalue weighted by molar-refractivity contribution is 5.94. The third-order valence-electron chi connectivity index (χ3n) is 5.46. The molecule has 0 aromatic heterocycles. The van der Waals surface area contributed by atoms with E-state index in [-0.39, 0.29) is 11.7 Å². The van der Waals surface area contributed by atoms with Crippen molar-refractivity contribution in [3.05, 3.63) is 71.8 Å². The number of rotatable bonds is 4. The van der Waals surface area contributed by atoms with Crippen LogP contribution in [0.25, 0.3) is 0 Å². The van der Waals surface area contributed by atoms with Gasteiger partial charge in [-0.2, -0.15) is 10.1 Å². The van der Waals surface area contributed by atoms with E-state index in [0.717, 1.165) is 18.6 Å². The Morgan fingerprint density at radius 1 is 1.00 bits per heavy atom. The van der Waals surface area contributed by atoms with Crippen molar-refractivity contribution in [1.82, 2.24) is 10.5 Å². The van der Waals surface area contributed by atoms with Crippen LogP contribution >= 0.6 is 0 Å². The summed E-state index contributed by atoms with van der Waals surface area (Å²) >= 11 is 0. The van der Waals surface area contributed by atoms with Gasteiger partial charge >= 0.3 is 0 Å². The molecule has 4 heteroatoms. The number of hydrazone groups is 1. The number of ether oxygens (including phenoxy) is 1. The van der Waals surface area contributed by atoms with E-state index in [2.05, 4.69) is 83.2 Å². The van der Waals surface area contributed by atoms with Gasteiger partial charge < -0.3 is 4.74 Å². The first kappa shape index (κ1) is 14.2. The van der Waals surface area contributed by atoms with E-state index in [1.165, 1.54) is 11.1 Å². The van der Waals surface area contributed by atoms with E-state index in [9.17, 15) is 0 Å². The summed E-state index contributed by atoms with van der Waals surface area (Å²) in [5, 5.41) is 6.90. The van der Waals surface area contributed by atoms with Gasteiger partial charge in [-0.15, -0.1) is 0 Å². The number of fused-ring (bicyclic) bond motifs is 1. The molecule has 1 N–H and O–H groups in total. The molecule has 1 saturated carbocycles. The van der Waals surface area contributed by atoms with E-state index < -0.39 is 0 Å². The van der Waals surface area contributed by atoms with Gasteiger partial charge in [-0.1, -0.05) is 60.7 Å². The van der Waals surface area contributed by atoms with Crippen molar-refractivity contribution < 1.29 is 4.74 Å². The molecule has 0 bridgehead atoms. The first-order chi connectivity index (χ1) is 11.8. The number of benzene rings is 2. The van der Waals surface area contributed by atoms with Crippen LogP contribution in [-0.2, 0) is 4.74 Å². The standard InChI is InChI=1S/C20H21N3O/c1-20-13-12-16(19(20)24-20)21-22-23-17(14-8-4-2-5-9-14)18(23)15-10-6-3-7-11-15/h2-11,17-19,22H,12-13H2,1H3/b21-16+/t17-,18-,19?,20?/m0/s1. The van der Waals surface area contributed by atoms with Crippen LogP contribution in [0.3, 0.4) is 0 Å². The molecule has 5 rings (SSSR count). The minimum Gasteiger partial charge on any atom is -0.360 e. The highest BCUT2D eigenvalue weighted by Crippen LogP contribution is 2.53. The third kappa shape index (κ3) is 2.26. The van der Waals surface area contributed by atoms with Gasteiger partial charge in [0, 0.05) is 0 Å². The first-order valence-electron chi connectivity index (χ1n) is 8.64. The fraction of sp³-hybridized carbons (Fsp3) is 0.350. The molecular formula is C20H21N3O. The third-order valence-corrected chi connectivity index (χ3v) is 5.46. The second kappa shape index (κ2) is 5.16. The van der Waals surface area contributed by atoms with Crippen molar-refractivity contribution in [1.29, 1.82) is 0 Å². The fourth-order valence-corrected chi connectivity index (χ4v) is 3.93. The molecule has 2 aromatic carbocycles. The van der Waals surface area contributed by atoms with Crippen LogP contribution in [0, 0.1) is 0 Å². The number of hydrazine groups is 1. The van der Waals surface area contributed by atoms with Gasteiger partial charge in [0.15, 0.2) is 0 Å². The van der Waals surface area contributed by atoms with Gasteiger partial charge in [0.05, 0.1) is 23.4 Å². The van der Waals surface area contributed by atoms with Crippen LogP contribution in [0.4, 0.5) is 0 Å². The SMILES string of the molecule is CC12CC/C(=N\NN3[C@@H](c4ccccc4)[C@@H]3c3ccccc3)C1O2. The minimum absolute atomic E-state index is 0.0665. The van der Waals surface area contributed by atoms with Crippen molar-refractivity contribution >= 4 is 5.71 Å². The summed E-state index contributed by atoms with van der Waals surface area (Å²) < 4.78 is 5.74. The Bertz CT molecular complexity index is 730. The zero-order chi connectivity index (χ0) is 16.1. The highest BCUT2D eigenvalue weighted by Gasteiger charge is 2.60. The molecule has 0 radical (unpaired) electrons. The smallest absolute Gasteiger partial charge is 0.127 e. The molecule has 2 aromatic rings. The summed E-state index contributed by atoms with van der Waals surface area (Å²) in [4.78, 5) is 0.